The number of sulfonamides is 1. The van der Waals surface area contributed by atoms with Gasteiger partial charge in [0.05, 0.1) is 16.1 Å². The molecule has 0 atom stereocenters. The van der Waals surface area contributed by atoms with E-state index in [0.717, 1.165) is 16.7 Å². The van der Waals surface area contributed by atoms with Crippen molar-refractivity contribution >= 4 is 39.2 Å². The first-order valence-electron chi connectivity index (χ1n) is 9.99. The summed E-state index contributed by atoms with van der Waals surface area (Å²) in [6.07, 6.45) is 0. The molecule has 0 aliphatic carbocycles. The molecule has 1 amide bonds. The van der Waals surface area contributed by atoms with Gasteiger partial charge in [0.25, 0.3) is 15.9 Å². The lowest BCUT2D eigenvalue weighted by molar-refractivity contribution is -0.135. The van der Waals surface area contributed by atoms with Gasteiger partial charge in [0.1, 0.15) is 6.54 Å². The highest BCUT2D eigenvalue weighted by Crippen LogP contribution is 2.32. The highest BCUT2D eigenvalue weighted by atomic mass is 35.5. The maximum absolute atomic E-state index is 13.3. The molecule has 0 saturated carbocycles. The molecule has 0 unspecified atom stereocenters. The Morgan fingerprint density at radius 1 is 0.939 bits per heavy atom. The molecule has 0 heterocycles. The molecule has 0 spiro atoms. The maximum Gasteiger partial charge on any atom is 0.322 e. The molecule has 0 fully saturated rings. The van der Waals surface area contributed by atoms with Crippen molar-refractivity contribution in [2.24, 2.45) is 0 Å². The first-order valence-corrected chi connectivity index (χ1v) is 11.9. The number of carbonyl (C=O) groups is 2. The third kappa shape index (κ3) is 5.53. The number of carboxylic acids is 1. The minimum atomic E-state index is -4.09. The van der Waals surface area contributed by atoms with Gasteiger partial charge in [-0.2, -0.15) is 0 Å². The normalized spacial score (nSPS) is 11.2. The molecule has 0 saturated heterocycles. The summed E-state index contributed by atoms with van der Waals surface area (Å²) in [5, 5.41) is 11.6. The van der Waals surface area contributed by atoms with Crippen LogP contribution in [0.15, 0.2) is 59.5 Å². The summed E-state index contributed by atoms with van der Waals surface area (Å²) in [5.74, 6) is -1.92. The van der Waals surface area contributed by atoms with Crippen LogP contribution < -0.4 is 10.0 Å². The molecule has 0 aromatic heterocycles. The highest BCUT2D eigenvalue weighted by molar-refractivity contribution is 7.92. The van der Waals surface area contributed by atoms with Crippen molar-refractivity contribution in [3.8, 4) is 11.1 Å². The van der Waals surface area contributed by atoms with Crippen molar-refractivity contribution in [1.29, 1.82) is 0 Å². The van der Waals surface area contributed by atoms with E-state index < -0.39 is 28.4 Å². The quantitative estimate of drug-likeness (QED) is 0.453. The number of hydrogen-bond donors (Lipinski definition) is 3. The Morgan fingerprint density at radius 3 is 2.24 bits per heavy atom. The molecule has 3 rings (SSSR count). The Morgan fingerprint density at radius 2 is 1.61 bits per heavy atom. The number of nitrogens with one attached hydrogen (secondary N) is 2. The van der Waals surface area contributed by atoms with Crippen LogP contribution in [-0.4, -0.2) is 31.9 Å². The summed E-state index contributed by atoms with van der Waals surface area (Å²) in [6, 6.07) is 15.5. The molecule has 0 radical (unpaired) electrons. The number of benzene rings is 3. The average Bonchev–Trinajstić information content (AvgIpc) is 2.75. The van der Waals surface area contributed by atoms with Crippen LogP contribution in [0.5, 0.6) is 0 Å². The molecule has 3 aromatic carbocycles. The van der Waals surface area contributed by atoms with Crippen LogP contribution in [0.25, 0.3) is 11.1 Å². The van der Waals surface area contributed by atoms with Crippen LogP contribution >= 0.6 is 11.6 Å². The Kier molecular flexibility index (Phi) is 7.09. The van der Waals surface area contributed by atoms with Crippen LogP contribution in [-0.2, 0) is 14.8 Å². The van der Waals surface area contributed by atoms with Crippen LogP contribution in [0.2, 0.25) is 5.02 Å². The first kappa shape index (κ1) is 24.3. The van der Waals surface area contributed by atoms with Crippen LogP contribution in [0.3, 0.4) is 0 Å². The lowest BCUT2D eigenvalue weighted by Gasteiger charge is -2.17. The second-order valence-corrected chi connectivity index (χ2v) is 9.69. The number of halogens is 1. The maximum atomic E-state index is 13.3. The highest BCUT2D eigenvalue weighted by Gasteiger charge is 2.23. The molecule has 0 aliphatic rings. The van der Waals surface area contributed by atoms with Crippen molar-refractivity contribution < 1.29 is 23.1 Å². The van der Waals surface area contributed by atoms with Gasteiger partial charge < -0.3 is 10.4 Å². The molecular formula is C24H23ClN2O5S. The SMILES string of the molecule is Cc1cc(S(=O)(=O)Nc2cc(-c3ccccc3)c(C)cc2C(=O)NCC(=O)O)c(C)cc1Cl. The number of amides is 1. The summed E-state index contributed by atoms with van der Waals surface area (Å²) >= 11 is 6.11. The van der Waals surface area contributed by atoms with Gasteiger partial charge in [0.15, 0.2) is 0 Å². The van der Waals surface area contributed by atoms with Gasteiger partial charge in [-0.1, -0.05) is 41.9 Å². The minimum absolute atomic E-state index is 0.0142. The van der Waals surface area contributed by atoms with Crippen LogP contribution in [0.1, 0.15) is 27.0 Å². The van der Waals surface area contributed by atoms with Gasteiger partial charge in [0, 0.05) is 5.02 Å². The summed E-state index contributed by atoms with van der Waals surface area (Å²) in [6.45, 7) is 4.52. The Balaban J connectivity index is 2.14. The van der Waals surface area contributed by atoms with Crippen LogP contribution in [0.4, 0.5) is 5.69 Å². The standard InChI is InChI=1S/C24H23ClN2O5S/c1-14-9-19(24(30)26-13-23(28)29)21(12-18(14)17-7-5-4-6-8-17)27-33(31,32)22-11-15(2)20(25)10-16(22)3/h4-12,27H,13H2,1-3H3,(H,26,30)(H,28,29). The van der Waals surface area contributed by atoms with Gasteiger partial charge in [-0.15, -0.1) is 0 Å². The average molecular weight is 487 g/mol. The van der Waals surface area contributed by atoms with E-state index in [9.17, 15) is 18.0 Å². The topological polar surface area (TPSA) is 113 Å². The predicted octanol–water partition coefficient (Wildman–Crippen LogP) is 4.55. The van der Waals surface area contributed by atoms with E-state index in [0.29, 0.717) is 16.1 Å². The third-order valence-corrected chi connectivity index (χ3v) is 7.00. The predicted molar refractivity (Wildman–Crippen MR) is 128 cm³/mol. The molecule has 0 bridgehead atoms. The monoisotopic (exact) mass is 486 g/mol. The number of aliphatic carboxylic acids is 1. The van der Waals surface area contributed by atoms with Gasteiger partial charge in [0.2, 0.25) is 0 Å². The fraction of sp³-hybridized carbons (Fsp3) is 0.167. The van der Waals surface area contributed by atoms with Crippen molar-refractivity contribution in [2.75, 3.05) is 11.3 Å². The molecule has 9 heteroatoms. The lowest BCUT2D eigenvalue weighted by Crippen LogP contribution is -2.30. The van der Waals surface area contributed by atoms with Gasteiger partial charge in [-0.3, -0.25) is 14.3 Å². The second kappa shape index (κ2) is 9.64. The fourth-order valence-corrected chi connectivity index (χ4v) is 5.01. The van der Waals surface area contributed by atoms with E-state index in [2.05, 4.69) is 10.0 Å². The van der Waals surface area contributed by atoms with Gasteiger partial charge in [-0.05, 0) is 72.9 Å². The van der Waals surface area contributed by atoms with E-state index in [1.807, 2.05) is 30.3 Å². The number of carbonyl (C=O) groups excluding carboxylic acids is 1. The zero-order valence-electron chi connectivity index (χ0n) is 18.3. The molecular weight excluding hydrogens is 464 g/mol. The summed E-state index contributed by atoms with van der Waals surface area (Å²) in [4.78, 5) is 23.7. The number of rotatable bonds is 7. The lowest BCUT2D eigenvalue weighted by atomic mass is 9.97. The summed E-state index contributed by atoms with van der Waals surface area (Å²) < 4.78 is 29.1. The third-order valence-electron chi connectivity index (χ3n) is 5.08. The van der Waals surface area contributed by atoms with E-state index in [1.165, 1.54) is 12.1 Å². The van der Waals surface area contributed by atoms with Crippen molar-refractivity contribution in [3.05, 3.63) is 81.9 Å². The van der Waals surface area contributed by atoms with Gasteiger partial charge >= 0.3 is 5.97 Å². The van der Waals surface area contributed by atoms with Crippen LogP contribution in [0, 0.1) is 20.8 Å². The van der Waals surface area contributed by atoms with Crippen molar-refractivity contribution in [1.82, 2.24) is 5.32 Å². The number of hydrogen-bond acceptors (Lipinski definition) is 4. The van der Waals surface area contributed by atoms with E-state index in [4.69, 9.17) is 16.7 Å². The van der Waals surface area contributed by atoms with Crippen molar-refractivity contribution in [2.45, 2.75) is 25.7 Å². The Hall–Kier alpha value is -3.36. The number of anilines is 1. The molecule has 172 valence electrons. The zero-order valence-corrected chi connectivity index (χ0v) is 19.8. The Labute approximate surface area is 197 Å². The fourth-order valence-electron chi connectivity index (χ4n) is 3.40. The van der Waals surface area contributed by atoms with E-state index in [1.54, 1.807) is 32.9 Å². The molecule has 3 aromatic rings. The number of aryl methyl sites for hydroxylation is 3. The van der Waals surface area contributed by atoms with E-state index >= 15 is 0 Å². The summed E-state index contributed by atoms with van der Waals surface area (Å²) in [5.41, 5.74) is 3.39. The Bertz CT molecular complexity index is 1340. The molecule has 7 nitrogen and oxygen atoms in total. The molecule has 3 N–H and O–H groups in total. The van der Waals surface area contributed by atoms with Crippen molar-refractivity contribution in [3.63, 3.8) is 0 Å². The second-order valence-electron chi connectivity index (χ2n) is 7.63. The largest absolute Gasteiger partial charge is 0.480 e. The summed E-state index contributed by atoms with van der Waals surface area (Å²) in [7, 11) is -4.09. The minimum Gasteiger partial charge on any atom is -0.480 e. The molecule has 0 aliphatic heterocycles. The first-order chi connectivity index (χ1) is 15.5. The zero-order chi connectivity index (χ0) is 24.3. The smallest absolute Gasteiger partial charge is 0.322 e. The van der Waals surface area contributed by atoms with Gasteiger partial charge in [-0.25, -0.2) is 8.42 Å². The number of carboxylic acid groups (broad SMARTS) is 1. The molecule has 33 heavy (non-hydrogen) atoms. The van der Waals surface area contributed by atoms with E-state index in [-0.39, 0.29) is 16.1 Å².